The first-order valence-corrected chi connectivity index (χ1v) is 16.2. The second-order valence-corrected chi connectivity index (χ2v) is 13.2. The highest BCUT2D eigenvalue weighted by Crippen LogP contribution is 2.35. The number of hydrogen-bond acceptors (Lipinski definition) is 4. The molecule has 12 heteroatoms. The van der Waals surface area contributed by atoms with Crippen molar-refractivity contribution in [3.05, 3.63) is 97.4 Å². The molecule has 1 N–H and O–H groups in total. The Kier molecular flexibility index (Phi) is 11.7. The van der Waals surface area contributed by atoms with E-state index in [1.165, 1.54) is 17.0 Å². The number of benzene rings is 3. The van der Waals surface area contributed by atoms with Crippen molar-refractivity contribution >= 4 is 78.3 Å². The van der Waals surface area contributed by atoms with Gasteiger partial charge in [0.25, 0.3) is 0 Å². The normalized spacial score (nSPS) is 12.1. The fourth-order valence-electron chi connectivity index (χ4n) is 4.00. The third-order valence-electron chi connectivity index (χ3n) is 6.02. The number of hydrogen-bond donors (Lipinski definition) is 1. The molecule has 0 aliphatic heterocycles. The van der Waals surface area contributed by atoms with E-state index in [4.69, 9.17) is 34.8 Å². The second kappa shape index (κ2) is 14.5. The minimum absolute atomic E-state index is 0.00514. The van der Waals surface area contributed by atoms with E-state index < -0.39 is 28.5 Å². The van der Waals surface area contributed by atoms with Crippen LogP contribution in [0.25, 0.3) is 0 Å². The summed E-state index contributed by atoms with van der Waals surface area (Å²) in [6.45, 7) is 1.82. The standard InChI is InChI=1S/C28H29BrCl3N3O4S/c1-3-13-33-28(37)26(14-19-7-5-4-6-8-19)34(17-20-9-11-21(29)12-10-20)27(36)18-35(40(2,38)39)25-16-23(31)22(30)15-24(25)32/h4-12,15-16,26H,3,13-14,17-18H2,1-2H3,(H,33,37). The van der Waals surface area contributed by atoms with Crippen molar-refractivity contribution in [3.63, 3.8) is 0 Å². The molecule has 7 nitrogen and oxygen atoms in total. The van der Waals surface area contributed by atoms with Crippen molar-refractivity contribution in [2.24, 2.45) is 0 Å². The van der Waals surface area contributed by atoms with Gasteiger partial charge in [-0.1, -0.05) is 100 Å². The number of nitrogens with one attached hydrogen (secondary N) is 1. The van der Waals surface area contributed by atoms with Crippen LogP contribution >= 0.6 is 50.7 Å². The molecule has 0 aliphatic rings. The van der Waals surface area contributed by atoms with Crippen LogP contribution in [0.2, 0.25) is 15.1 Å². The van der Waals surface area contributed by atoms with Gasteiger partial charge in [0.2, 0.25) is 21.8 Å². The summed E-state index contributed by atoms with van der Waals surface area (Å²) in [4.78, 5) is 28.9. The first-order chi connectivity index (χ1) is 18.9. The van der Waals surface area contributed by atoms with E-state index in [-0.39, 0.29) is 39.6 Å². The lowest BCUT2D eigenvalue weighted by atomic mass is 10.0. The summed E-state index contributed by atoms with van der Waals surface area (Å²) in [5.74, 6) is -0.933. The number of halogens is 4. The molecule has 0 aromatic heterocycles. The van der Waals surface area contributed by atoms with Gasteiger partial charge in [-0.05, 0) is 41.8 Å². The van der Waals surface area contributed by atoms with Crippen molar-refractivity contribution in [2.45, 2.75) is 32.4 Å². The van der Waals surface area contributed by atoms with E-state index in [1.54, 1.807) is 0 Å². The average molecular weight is 690 g/mol. The number of amides is 2. The molecule has 3 rings (SSSR count). The molecular formula is C28H29BrCl3N3O4S. The molecule has 1 unspecified atom stereocenters. The van der Waals surface area contributed by atoms with Crippen LogP contribution in [0.5, 0.6) is 0 Å². The number of anilines is 1. The number of carbonyl (C=O) groups is 2. The van der Waals surface area contributed by atoms with E-state index in [1.807, 2.05) is 61.5 Å². The van der Waals surface area contributed by atoms with Crippen molar-refractivity contribution in [3.8, 4) is 0 Å². The lowest BCUT2D eigenvalue weighted by Crippen LogP contribution is -2.53. The molecule has 0 saturated carbocycles. The summed E-state index contributed by atoms with van der Waals surface area (Å²) >= 11 is 22.0. The van der Waals surface area contributed by atoms with Crippen LogP contribution in [0.4, 0.5) is 5.69 Å². The second-order valence-electron chi connectivity index (χ2n) is 9.13. The first kappa shape index (κ1) is 32.2. The lowest BCUT2D eigenvalue weighted by molar-refractivity contribution is -0.140. The van der Waals surface area contributed by atoms with Gasteiger partial charge in [-0.2, -0.15) is 0 Å². The predicted octanol–water partition coefficient (Wildman–Crippen LogP) is 6.34. The van der Waals surface area contributed by atoms with Gasteiger partial charge in [-0.25, -0.2) is 8.42 Å². The van der Waals surface area contributed by atoms with Crippen LogP contribution in [0.15, 0.2) is 71.2 Å². The Morgan fingerprint density at radius 2 is 1.55 bits per heavy atom. The highest BCUT2D eigenvalue weighted by molar-refractivity contribution is 9.10. The van der Waals surface area contributed by atoms with Crippen LogP contribution in [0.3, 0.4) is 0 Å². The minimum Gasteiger partial charge on any atom is -0.354 e. The fourth-order valence-corrected chi connectivity index (χ4v) is 5.82. The first-order valence-electron chi connectivity index (χ1n) is 12.4. The monoisotopic (exact) mass is 687 g/mol. The van der Waals surface area contributed by atoms with E-state index >= 15 is 0 Å². The zero-order valence-corrected chi connectivity index (χ0v) is 26.6. The molecule has 0 heterocycles. The quantitative estimate of drug-likeness (QED) is 0.225. The van der Waals surface area contributed by atoms with Crippen LogP contribution < -0.4 is 9.62 Å². The molecular weight excluding hydrogens is 661 g/mol. The van der Waals surface area contributed by atoms with Crippen molar-refractivity contribution in [1.29, 1.82) is 0 Å². The number of carbonyl (C=O) groups excluding carboxylic acids is 2. The van der Waals surface area contributed by atoms with E-state index in [0.717, 1.165) is 26.2 Å². The summed E-state index contributed by atoms with van der Waals surface area (Å²) < 4.78 is 27.5. The Morgan fingerprint density at radius 3 is 2.15 bits per heavy atom. The Balaban J connectivity index is 2.07. The largest absolute Gasteiger partial charge is 0.354 e. The maximum absolute atomic E-state index is 14.0. The summed E-state index contributed by atoms with van der Waals surface area (Å²) in [6, 6.07) is 18.4. The lowest BCUT2D eigenvalue weighted by Gasteiger charge is -2.33. The molecule has 0 radical (unpaired) electrons. The van der Waals surface area contributed by atoms with E-state index in [9.17, 15) is 18.0 Å². The van der Waals surface area contributed by atoms with Gasteiger partial charge in [-0.15, -0.1) is 0 Å². The maximum atomic E-state index is 14.0. The van der Waals surface area contributed by atoms with Crippen molar-refractivity contribution in [2.75, 3.05) is 23.7 Å². The molecule has 0 fully saturated rings. The Bertz CT molecular complexity index is 1440. The van der Waals surface area contributed by atoms with Crippen LogP contribution in [0.1, 0.15) is 24.5 Å². The topological polar surface area (TPSA) is 86.8 Å². The Labute approximate surface area is 258 Å². The highest BCUT2D eigenvalue weighted by Gasteiger charge is 2.33. The zero-order valence-electron chi connectivity index (χ0n) is 21.9. The van der Waals surface area contributed by atoms with E-state index in [0.29, 0.717) is 13.0 Å². The van der Waals surface area contributed by atoms with Crippen LogP contribution in [-0.2, 0) is 32.6 Å². The number of sulfonamides is 1. The van der Waals surface area contributed by atoms with Gasteiger partial charge in [0.1, 0.15) is 12.6 Å². The number of rotatable bonds is 12. The molecule has 3 aromatic rings. The van der Waals surface area contributed by atoms with Crippen molar-refractivity contribution < 1.29 is 18.0 Å². The molecule has 2 amide bonds. The summed E-state index contributed by atoms with van der Waals surface area (Å²) in [6.07, 6.45) is 1.90. The van der Waals surface area contributed by atoms with Crippen molar-refractivity contribution in [1.82, 2.24) is 10.2 Å². The molecule has 1 atom stereocenters. The Hall–Kier alpha value is -2.30. The maximum Gasteiger partial charge on any atom is 0.244 e. The third kappa shape index (κ3) is 8.85. The zero-order chi connectivity index (χ0) is 29.4. The SMILES string of the molecule is CCCNC(=O)C(Cc1ccccc1)N(Cc1ccc(Br)cc1)C(=O)CN(c1cc(Cl)c(Cl)cc1Cl)S(C)(=O)=O. The Morgan fingerprint density at radius 1 is 0.925 bits per heavy atom. The van der Waals surface area contributed by atoms with E-state index in [2.05, 4.69) is 21.2 Å². The minimum atomic E-state index is -4.00. The summed E-state index contributed by atoms with van der Waals surface area (Å²) in [5, 5.41) is 3.12. The molecule has 0 saturated heterocycles. The number of nitrogens with zero attached hydrogens (tertiary/aromatic N) is 2. The molecule has 214 valence electrons. The highest BCUT2D eigenvalue weighted by atomic mass is 79.9. The molecule has 0 bridgehead atoms. The summed E-state index contributed by atoms with van der Waals surface area (Å²) in [5.41, 5.74) is 1.61. The van der Waals surface area contributed by atoms with Gasteiger partial charge < -0.3 is 10.2 Å². The summed E-state index contributed by atoms with van der Waals surface area (Å²) in [7, 11) is -4.00. The van der Waals surface area contributed by atoms with Gasteiger partial charge >= 0.3 is 0 Å². The smallest absolute Gasteiger partial charge is 0.244 e. The molecule has 40 heavy (non-hydrogen) atoms. The predicted molar refractivity (Wildman–Crippen MR) is 166 cm³/mol. The van der Waals surface area contributed by atoms with Crippen LogP contribution in [-0.4, -0.2) is 50.5 Å². The average Bonchev–Trinajstić information content (AvgIpc) is 2.91. The molecule has 3 aromatic carbocycles. The van der Waals surface area contributed by atoms with Gasteiger partial charge in [0.05, 0.1) is 27.0 Å². The van der Waals surface area contributed by atoms with Gasteiger partial charge in [0, 0.05) is 24.0 Å². The van der Waals surface area contributed by atoms with Gasteiger partial charge in [0.15, 0.2) is 0 Å². The fraction of sp³-hybridized carbons (Fsp3) is 0.286. The molecule has 0 aliphatic carbocycles. The third-order valence-corrected chi connectivity index (χ3v) is 8.70. The molecule has 0 spiro atoms. The van der Waals surface area contributed by atoms with Crippen LogP contribution in [0, 0.1) is 0 Å². The van der Waals surface area contributed by atoms with Gasteiger partial charge in [-0.3, -0.25) is 13.9 Å².